The van der Waals surface area contributed by atoms with E-state index in [1.54, 1.807) is 6.07 Å². The van der Waals surface area contributed by atoms with Crippen LogP contribution >= 0.6 is 34.2 Å². The van der Waals surface area contributed by atoms with Crippen LogP contribution in [0.1, 0.15) is 49.4 Å². The predicted octanol–water partition coefficient (Wildman–Crippen LogP) is 4.89. The van der Waals surface area contributed by atoms with Crippen molar-refractivity contribution in [2.75, 3.05) is 6.54 Å². The van der Waals surface area contributed by atoms with E-state index >= 15 is 0 Å². The van der Waals surface area contributed by atoms with Gasteiger partial charge in [-0.15, -0.1) is 0 Å². The molecule has 1 saturated carbocycles. The molecule has 4 heteroatoms. The van der Waals surface area contributed by atoms with Gasteiger partial charge in [-0.05, 0) is 65.5 Å². The van der Waals surface area contributed by atoms with Gasteiger partial charge in [0.2, 0.25) is 0 Å². The van der Waals surface area contributed by atoms with Crippen molar-refractivity contribution < 1.29 is 4.79 Å². The standard InChI is InChI=1S/C16H21ClINO/c1-2-11-3-5-12(6-4-11)10-19-16(20)13-7-8-15(18)14(17)9-13/h7-9,11-12H,2-6,10H2,1H3,(H,19,20). The van der Waals surface area contributed by atoms with E-state index < -0.39 is 0 Å². The summed E-state index contributed by atoms with van der Waals surface area (Å²) < 4.78 is 0.971. The predicted molar refractivity (Wildman–Crippen MR) is 92.2 cm³/mol. The number of carbonyl (C=O) groups excluding carboxylic acids is 1. The van der Waals surface area contributed by atoms with E-state index in [9.17, 15) is 4.79 Å². The van der Waals surface area contributed by atoms with Crippen molar-refractivity contribution in [3.8, 4) is 0 Å². The quantitative estimate of drug-likeness (QED) is 0.710. The van der Waals surface area contributed by atoms with Gasteiger partial charge < -0.3 is 5.32 Å². The first-order chi connectivity index (χ1) is 9.60. The first-order valence-corrected chi connectivity index (χ1v) is 8.79. The third-order valence-corrected chi connectivity index (χ3v) is 5.85. The fraction of sp³-hybridized carbons (Fsp3) is 0.562. The molecular weight excluding hydrogens is 385 g/mol. The lowest BCUT2D eigenvalue weighted by atomic mass is 9.81. The molecule has 0 atom stereocenters. The molecule has 0 saturated heterocycles. The van der Waals surface area contributed by atoms with E-state index in [-0.39, 0.29) is 5.91 Å². The monoisotopic (exact) mass is 405 g/mol. The minimum Gasteiger partial charge on any atom is -0.352 e. The Kier molecular flexibility index (Phi) is 6.15. The van der Waals surface area contributed by atoms with Gasteiger partial charge in [-0.25, -0.2) is 0 Å². The van der Waals surface area contributed by atoms with Gasteiger partial charge in [0.1, 0.15) is 0 Å². The Morgan fingerprint density at radius 1 is 1.30 bits per heavy atom. The third kappa shape index (κ3) is 4.35. The lowest BCUT2D eigenvalue weighted by molar-refractivity contribution is 0.0941. The highest BCUT2D eigenvalue weighted by Gasteiger charge is 2.20. The van der Waals surface area contributed by atoms with Crippen LogP contribution < -0.4 is 5.32 Å². The summed E-state index contributed by atoms with van der Waals surface area (Å²) in [6, 6.07) is 5.45. The number of nitrogens with one attached hydrogen (secondary N) is 1. The maximum atomic E-state index is 12.1. The van der Waals surface area contributed by atoms with Crippen LogP contribution in [0.2, 0.25) is 5.02 Å². The topological polar surface area (TPSA) is 29.1 Å². The number of amides is 1. The lowest BCUT2D eigenvalue weighted by Crippen LogP contribution is -2.31. The van der Waals surface area contributed by atoms with Crippen LogP contribution in [0.5, 0.6) is 0 Å². The Balaban J connectivity index is 1.82. The highest BCUT2D eigenvalue weighted by molar-refractivity contribution is 14.1. The molecule has 1 aliphatic carbocycles. The molecule has 110 valence electrons. The van der Waals surface area contributed by atoms with Crippen LogP contribution in [-0.2, 0) is 0 Å². The van der Waals surface area contributed by atoms with Crippen LogP contribution in [-0.4, -0.2) is 12.5 Å². The highest BCUT2D eigenvalue weighted by atomic mass is 127. The molecule has 0 spiro atoms. The Morgan fingerprint density at radius 2 is 1.95 bits per heavy atom. The summed E-state index contributed by atoms with van der Waals surface area (Å²) in [6.07, 6.45) is 6.40. The number of rotatable bonds is 4. The van der Waals surface area contributed by atoms with E-state index in [1.165, 1.54) is 32.1 Å². The number of hydrogen-bond donors (Lipinski definition) is 1. The molecule has 1 N–H and O–H groups in total. The summed E-state index contributed by atoms with van der Waals surface area (Å²) in [7, 11) is 0. The summed E-state index contributed by atoms with van der Waals surface area (Å²) >= 11 is 8.21. The van der Waals surface area contributed by atoms with Crippen molar-refractivity contribution in [1.82, 2.24) is 5.32 Å². The van der Waals surface area contributed by atoms with E-state index in [0.29, 0.717) is 16.5 Å². The van der Waals surface area contributed by atoms with Gasteiger partial charge in [0.05, 0.1) is 5.02 Å². The Morgan fingerprint density at radius 3 is 2.55 bits per heavy atom. The van der Waals surface area contributed by atoms with Crippen molar-refractivity contribution in [3.63, 3.8) is 0 Å². The molecule has 2 nitrogen and oxygen atoms in total. The van der Waals surface area contributed by atoms with Gasteiger partial charge in [-0.2, -0.15) is 0 Å². The molecule has 1 fully saturated rings. The maximum Gasteiger partial charge on any atom is 0.251 e. The Hall–Kier alpha value is -0.290. The fourth-order valence-corrected chi connectivity index (χ4v) is 3.34. The average Bonchev–Trinajstić information content (AvgIpc) is 2.48. The zero-order valence-corrected chi connectivity index (χ0v) is 14.7. The highest BCUT2D eigenvalue weighted by Crippen LogP contribution is 2.30. The van der Waals surface area contributed by atoms with Gasteiger partial charge in [-0.1, -0.05) is 37.8 Å². The molecule has 0 aromatic heterocycles. The minimum atomic E-state index is -0.0130. The molecule has 20 heavy (non-hydrogen) atoms. The van der Waals surface area contributed by atoms with Gasteiger partial charge >= 0.3 is 0 Å². The first-order valence-electron chi connectivity index (χ1n) is 7.33. The molecule has 0 aliphatic heterocycles. The summed E-state index contributed by atoms with van der Waals surface area (Å²) in [5.41, 5.74) is 0.651. The molecule has 1 aromatic carbocycles. The molecule has 1 aliphatic rings. The normalized spacial score (nSPS) is 22.6. The minimum absolute atomic E-state index is 0.0130. The van der Waals surface area contributed by atoms with Crippen molar-refractivity contribution >= 4 is 40.1 Å². The number of hydrogen-bond acceptors (Lipinski definition) is 1. The van der Waals surface area contributed by atoms with Crippen molar-refractivity contribution in [2.24, 2.45) is 11.8 Å². The molecule has 1 aromatic rings. The smallest absolute Gasteiger partial charge is 0.251 e. The SMILES string of the molecule is CCC1CCC(CNC(=O)c2ccc(I)c(Cl)c2)CC1. The van der Waals surface area contributed by atoms with E-state index in [4.69, 9.17) is 11.6 Å². The zero-order chi connectivity index (χ0) is 14.5. The van der Waals surface area contributed by atoms with Crippen LogP contribution in [0, 0.1) is 15.4 Å². The second kappa shape index (κ2) is 7.64. The van der Waals surface area contributed by atoms with Gasteiger partial charge in [0, 0.05) is 15.7 Å². The van der Waals surface area contributed by atoms with Gasteiger partial charge in [-0.3, -0.25) is 4.79 Å². The van der Waals surface area contributed by atoms with Crippen molar-refractivity contribution in [1.29, 1.82) is 0 Å². The Bertz CT molecular complexity index is 470. The molecule has 0 radical (unpaired) electrons. The van der Waals surface area contributed by atoms with Crippen molar-refractivity contribution in [2.45, 2.75) is 39.0 Å². The molecule has 0 unspecified atom stereocenters. The molecule has 2 rings (SSSR count). The van der Waals surface area contributed by atoms with Crippen LogP contribution in [0.25, 0.3) is 0 Å². The largest absolute Gasteiger partial charge is 0.352 e. The number of benzene rings is 1. The second-order valence-electron chi connectivity index (χ2n) is 5.63. The molecular formula is C16H21ClINO. The van der Waals surface area contributed by atoms with E-state index in [2.05, 4.69) is 34.8 Å². The zero-order valence-electron chi connectivity index (χ0n) is 11.8. The summed E-state index contributed by atoms with van der Waals surface area (Å²) in [5, 5.41) is 3.69. The average molecular weight is 406 g/mol. The Labute approximate surface area is 139 Å². The first kappa shape index (κ1) is 16.1. The van der Waals surface area contributed by atoms with E-state index in [0.717, 1.165) is 16.0 Å². The number of halogens is 2. The van der Waals surface area contributed by atoms with Crippen LogP contribution in [0.3, 0.4) is 0 Å². The third-order valence-electron chi connectivity index (χ3n) is 4.28. The maximum absolute atomic E-state index is 12.1. The van der Waals surface area contributed by atoms with Crippen LogP contribution in [0.15, 0.2) is 18.2 Å². The van der Waals surface area contributed by atoms with E-state index in [1.807, 2.05) is 12.1 Å². The number of carbonyl (C=O) groups is 1. The summed E-state index contributed by atoms with van der Waals surface area (Å²) in [6.45, 7) is 3.06. The lowest BCUT2D eigenvalue weighted by Gasteiger charge is -2.27. The second-order valence-corrected chi connectivity index (χ2v) is 7.20. The molecule has 1 amide bonds. The fourth-order valence-electron chi connectivity index (χ4n) is 2.82. The molecule has 0 heterocycles. The van der Waals surface area contributed by atoms with Crippen LogP contribution in [0.4, 0.5) is 0 Å². The summed E-state index contributed by atoms with van der Waals surface area (Å²) in [4.78, 5) is 12.1. The van der Waals surface area contributed by atoms with Gasteiger partial charge in [0.25, 0.3) is 5.91 Å². The molecule has 0 bridgehead atoms. The summed E-state index contributed by atoms with van der Waals surface area (Å²) in [5.74, 6) is 1.53. The van der Waals surface area contributed by atoms with Gasteiger partial charge in [0.15, 0.2) is 0 Å². The van der Waals surface area contributed by atoms with Crippen molar-refractivity contribution in [3.05, 3.63) is 32.4 Å².